The number of amides is 1. The lowest BCUT2D eigenvalue weighted by atomic mass is 10.2. The summed E-state index contributed by atoms with van der Waals surface area (Å²) >= 11 is 0. The molecule has 4 rings (SSSR count). The Bertz CT molecular complexity index is 869. The smallest absolute Gasteiger partial charge is 0.270 e. The van der Waals surface area contributed by atoms with Crippen LogP contribution < -0.4 is 10.6 Å². The zero-order valence-corrected chi connectivity index (χ0v) is 14.4. The molecule has 26 heavy (non-hydrogen) atoms. The van der Waals surface area contributed by atoms with Crippen LogP contribution in [-0.2, 0) is 11.3 Å². The Morgan fingerprint density at radius 3 is 3.15 bits per heavy atom. The molecule has 0 aliphatic carbocycles. The van der Waals surface area contributed by atoms with E-state index in [0.29, 0.717) is 12.2 Å². The second kappa shape index (κ2) is 7.53. The SMILES string of the molecule is O=C(NCc1cn2ccccc2n1)c1cc(NCC2CCCO2)ccn1. The predicted molar refractivity (Wildman–Crippen MR) is 98.1 cm³/mol. The standard InChI is InChI=1S/C19H21N5O2/c25-19(22-11-15-13-24-8-2-1-5-18(24)23-15)17-10-14(6-7-20-17)21-12-16-4-3-9-26-16/h1-2,5-8,10,13,16H,3-4,9,11-12H2,(H,20,21)(H,22,25). The largest absolute Gasteiger partial charge is 0.382 e. The molecule has 1 unspecified atom stereocenters. The van der Waals surface area contributed by atoms with E-state index in [1.807, 2.05) is 41.1 Å². The van der Waals surface area contributed by atoms with Gasteiger partial charge in [0, 0.05) is 37.4 Å². The van der Waals surface area contributed by atoms with Crippen LogP contribution in [0.25, 0.3) is 5.65 Å². The number of fused-ring (bicyclic) bond motifs is 1. The summed E-state index contributed by atoms with van der Waals surface area (Å²) in [7, 11) is 0. The first-order valence-electron chi connectivity index (χ1n) is 8.80. The second-order valence-electron chi connectivity index (χ2n) is 6.33. The van der Waals surface area contributed by atoms with Crippen LogP contribution in [0.3, 0.4) is 0 Å². The number of aromatic nitrogens is 3. The second-order valence-corrected chi connectivity index (χ2v) is 6.33. The first-order valence-corrected chi connectivity index (χ1v) is 8.80. The van der Waals surface area contributed by atoms with E-state index in [9.17, 15) is 4.79 Å². The molecule has 0 bridgehead atoms. The van der Waals surface area contributed by atoms with Gasteiger partial charge in [0.15, 0.2) is 0 Å². The first-order chi connectivity index (χ1) is 12.8. The Balaban J connectivity index is 1.35. The van der Waals surface area contributed by atoms with Crippen LogP contribution >= 0.6 is 0 Å². The van der Waals surface area contributed by atoms with Gasteiger partial charge in [0.25, 0.3) is 5.91 Å². The number of nitrogens with zero attached hydrogens (tertiary/aromatic N) is 3. The highest BCUT2D eigenvalue weighted by atomic mass is 16.5. The number of hydrogen-bond donors (Lipinski definition) is 2. The Kier molecular flexibility index (Phi) is 4.79. The average Bonchev–Trinajstić information content (AvgIpc) is 3.33. The lowest BCUT2D eigenvalue weighted by Gasteiger charge is -2.12. The molecule has 2 N–H and O–H groups in total. The molecule has 0 aromatic carbocycles. The van der Waals surface area contributed by atoms with Crippen LogP contribution in [-0.4, -0.2) is 39.5 Å². The lowest BCUT2D eigenvalue weighted by molar-refractivity contribution is 0.0945. The summed E-state index contributed by atoms with van der Waals surface area (Å²) in [6, 6.07) is 9.41. The molecule has 3 aromatic heterocycles. The highest BCUT2D eigenvalue weighted by molar-refractivity contribution is 5.93. The fourth-order valence-electron chi connectivity index (χ4n) is 3.04. The Labute approximate surface area is 151 Å². The third kappa shape index (κ3) is 3.83. The molecule has 0 radical (unpaired) electrons. The number of carbonyl (C=O) groups excluding carboxylic acids is 1. The number of imidazole rings is 1. The minimum absolute atomic E-state index is 0.220. The van der Waals surface area contributed by atoms with Gasteiger partial charge in [-0.05, 0) is 37.1 Å². The summed E-state index contributed by atoms with van der Waals surface area (Å²) in [5, 5.41) is 6.18. The van der Waals surface area contributed by atoms with Gasteiger partial charge in [-0.25, -0.2) is 4.98 Å². The maximum absolute atomic E-state index is 12.4. The van der Waals surface area contributed by atoms with Crippen molar-refractivity contribution >= 4 is 17.2 Å². The van der Waals surface area contributed by atoms with Gasteiger partial charge >= 0.3 is 0 Å². The van der Waals surface area contributed by atoms with Crippen molar-refractivity contribution in [3.63, 3.8) is 0 Å². The van der Waals surface area contributed by atoms with Crippen LogP contribution in [0.4, 0.5) is 5.69 Å². The van der Waals surface area contributed by atoms with Crippen molar-refractivity contribution < 1.29 is 9.53 Å². The molecule has 3 aromatic rings. The molecular weight excluding hydrogens is 330 g/mol. The molecule has 4 heterocycles. The minimum Gasteiger partial charge on any atom is -0.382 e. The number of carbonyl (C=O) groups is 1. The third-order valence-electron chi connectivity index (χ3n) is 4.39. The quantitative estimate of drug-likeness (QED) is 0.712. The van der Waals surface area contributed by atoms with E-state index in [-0.39, 0.29) is 12.0 Å². The molecule has 1 saturated heterocycles. The van der Waals surface area contributed by atoms with Crippen molar-refractivity contribution in [1.29, 1.82) is 0 Å². The van der Waals surface area contributed by atoms with Crippen LogP contribution in [0.1, 0.15) is 29.0 Å². The van der Waals surface area contributed by atoms with Gasteiger partial charge in [0.1, 0.15) is 11.3 Å². The first kappa shape index (κ1) is 16.5. The molecule has 1 amide bonds. The molecule has 0 saturated carbocycles. The van der Waals surface area contributed by atoms with E-state index in [2.05, 4.69) is 20.6 Å². The van der Waals surface area contributed by atoms with Crippen LogP contribution in [0.15, 0.2) is 48.9 Å². The maximum atomic E-state index is 12.4. The number of anilines is 1. The molecule has 7 heteroatoms. The van der Waals surface area contributed by atoms with Crippen molar-refractivity contribution in [1.82, 2.24) is 19.7 Å². The van der Waals surface area contributed by atoms with Crippen LogP contribution in [0, 0.1) is 0 Å². The maximum Gasteiger partial charge on any atom is 0.270 e. The van der Waals surface area contributed by atoms with Crippen molar-refractivity contribution in [3.05, 3.63) is 60.3 Å². The van der Waals surface area contributed by atoms with E-state index in [1.165, 1.54) is 0 Å². The number of pyridine rings is 2. The number of nitrogens with one attached hydrogen (secondary N) is 2. The Morgan fingerprint density at radius 1 is 1.35 bits per heavy atom. The molecule has 1 fully saturated rings. The fraction of sp³-hybridized carbons (Fsp3) is 0.316. The van der Waals surface area contributed by atoms with Crippen LogP contribution in [0.5, 0.6) is 0 Å². The summed E-state index contributed by atoms with van der Waals surface area (Å²) in [6.07, 6.45) is 7.90. The van der Waals surface area contributed by atoms with Crippen molar-refractivity contribution in [3.8, 4) is 0 Å². The van der Waals surface area contributed by atoms with Gasteiger partial charge in [-0.15, -0.1) is 0 Å². The summed E-state index contributed by atoms with van der Waals surface area (Å²) < 4.78 is 7.52. The van der Waals surface area contributed by atoms with E-state index >= 15 is 0 Å². The summed E-state index contributed by atoms with van der Waals surface area (Å²) in [6.45, 7) is 1.93. The monoisotopic (exact) mass is 351 g/mol. The van der Waals surface area contributed by atoms with Crippen LogP contribution in [0.2, 0.25) is 0 Å². The number of rotatable bonds is 6. The average molecular weight is 351 g/mol. The highest BCUT2D eigenvalue weighted by Crippen LogP contribution is 2.14. The van der Waals surface area contributed by atoms with E-state index in [1.54, 1.807) is 12.3 Å². The normalized spacial score (nSPS) is 16.7. The minimum atomic E-state index is -0.220. The van der Waals surface area contributed by atoms with E-state index in [0.717, 1.165) is 43.0 Å². The number of ether oxygens (including phenoxy) is 1. The van der Waals surface area contributed by atoms with Crippen molar-refractivity contribution in [2.45, 2.75) is 25.5 Å². The highest BCUT2D eigenvalue weighted by Gasteiger charge is 2.15. The van der Waals surface area contributed by atoms with Gasteiger partial charge in [-0.3, -0.25) is 9.78 Å². The van der Waals surface area contributed by atoms with Gasteiger partial charge in [0.2, 0.25) is 0 Å². The molecule has 134 valence electrons. The van der Waals surface area contributed by atoms with E-state index in [4.69, 9.17) is 4.74 Å². The Hall–Kier alpha value is -2.93. The third-order valence-corrected chi connectivity index (χ3v) is 4.39. The number of hydrogen-bond acceptors (Lipinski definition) is 5. The topological polar surface area (TPSA) is 80.6 Å². The summed E-state index contributed by atoms with van der Waals surface area (Å²) in [4.78, 5) is 21.0. The molecular formula is C19H21N5O2. The fourth-order valence-corrected chi connectivity index (χ4v) is 3.04. The van der Waals surface area contributed by atoms with Gasteiger partial charge in [0.05, 0.1) is 18.3 Å². The van der Waals surface area contributed by atoms with Crippen molar-refractivity contribution in [2.75, 3.05) is 18.5 Å². The molecule has 1 aliphatic heterocycles. The molecule has 7 nitrogen and oxygen atoms in total. The van der Waals surface area contributed by atoms with E-state index < -0.39 is 0 Å². The van der Waals surface area contributed by atoms with Crippen molar-refractivity contribution in [2.24, 2.45) is 0 Å². The summed E-state index contributed by atoms with van der Waals surface area (Å²) in [5.74, 6) is -0.220. The summed E-state index contributed by atoms with van der Waals surface area (Å²) in [5.41, 5.74) is 2.91. The van der Waals surface area contributed by atoms with Gasteiger partial charge in [-0.1, -0.05) is 6.07 Å². The van der Waals surface area contributed by atoms with Gasteiger partial charge < -0.3 is 19.8 Å². The molecule has 0 spiro atoms. The Morgan fingerprint density at radius 2 is 2.31 bits per heavy atom. The zero-order valence-electron chi connectivity index (χ0n) is 14.4. The predicted octanol–water partition coefficient (Wildman–Crippen LogP) is 2.25. The molecule has 1 aliphatic rings. The molecule has 1 atom stereocenters. The lowest BCUT2D eigenvalue weighted by Crippen LogP contribution is -2.24. The van der Waals surface area contributed by atoms with Gasteiger partial charge in [-0.2, -0.15) is 0 Å². The zero-order chi connectivity index (χ0) is 17.8.